The molecule has 0 aromatic carbocycles. The van der Waals surface area contributed by atoms with Crippen LogP contribution in [0.4, 0.5) is 0 Å². The van der Waals surface area contributed by atoms with Crippen LogP contribution in [0.1, 0.15) is 213 Å². The molecular weight excluding hydrogens is 971 g/mol. The zero-order valence-electron chi connectivity index (χ0n) is 50.0. The molecule has 0 spiro atoms. The Bertz CT molecular complexity index is 1780. The molecule has 0 saturated heterocycles. The molecule has 0 amide bonds. The van der Waals surface area contributed by atoms with Gasteiger partial charge in [0.05, 0.1) is 40.3 Å². The minimum Gasteiger partial charge on any atom is -0.545 e. The van der Waals surface area contributed by atoms with E-state index in [0.29, 0.717) is 17.4 Å². The lowest BCUT2D eigenvalue weighted by atomic mass is 10.1. The van der Waals surface area contributed by atoms with Gasteiger partial charge in [-0.1, -0.05) is 224 Å². The zero-order valence-corrected chi connectivity index (χ0v) is 50.0. The normalized spacial score (nSPS) is 13.8. The molecule has 2 unspecified atom stereocenters. The summed E-state index contributed by atoms with van der Waals surface area (Å²) in [6.45, 7) is 4.56. The summed E-state index contributed by atoms with van der Waals surface area (Å²) in [6, 6.07) is 0. The van der Waals surface area contributed by atoms with Gasteiger partial charge in [-0.3, -0.25) is 9.59 Å². The molecule has 0 aromatic heterocycles. The van der Waals surface area contributed by atoms with Gasteiger partial charge in [0.2, 0.25) is 0 Å². The summed E-state index contributed by atoms with van der Waals surface area (Å²) >= 11 is 0. The van der Waals surface area contributed by atoms with E-state index < -0.39 is 24.3 Å². The van der Waals surface area contributed by atoms with Crippen molar-refractivity contribution in [1.29, 1.82) is 0 Å². The molecule has 0 rings (SSSR count). The van der Waals surface area contributed by atoms with Crippen molar-refractivity contribution in [2.45, 2.75) is 225 Å². The van der Waals surface area contributed by atoms with Crippen molar-refractivity contribution < 1.29 is 42.9 Å². The monoisotopic (exact) mass is 1080 g/mol. The third kappa shape index (κ3) is 58.8. The number of hydrogen-bond donors (Lipinski definition) is 0. The number of carbonyl (C=O) groups excluding carboxylic acids is 3. The number of carboxylic acids is 1. The van der Waals surface area contributed by atoms with E-state index in [4.69, 9.17) is 18.9 Å². The van der Waals surface area contributed by atoms with Crippen LogP contribution in [0.25, 0.3) is 0 Å². The summed E-state index contributed by atoms with van der Waals surface area (Å²) in [4.78, 5) is 37.3. The number of esters is 2. The quantitative estimate of drug-likeness (QED) is 0.0195. The smallest absolute Gasteiger partial charge is 0.306 e. The molecule has 0 aliphatic rings. The fourth-order valence-corrected chi connectivity index (χ4v) is 7.65. The number of nitrogens with zero attached hydrogens (tertiary/aromatic N) is 1. The van der Waals surface area contributed by atoms with Gasteiger partial charge in [-0.05, 0) is 122 Å². The van der Waals surface area contributed by atoms with Crippen LogP contribution in [-0.2, 0) is 33.3 Å². The van der Waals surface area contributed by atoms with E-state index >= 15 is 0 Å². The minimum atomic E-state index is -1.64. The lowest BCUT2D eigenvalue weighted by Gasteiger charge is -2.26. The number of aliphatic carboxylic acids is 1. The van der Waals surface area contributed by atoms with Crippen LogP contribution in [0.5, 0.6) is 0 Å². The molecule has 0 fully saturated rings. The van der Waals surface area contributed by atoms with Crippen molar-refractivity contribution in [3.63, 3.8) is 0 Å². The van der Waals surface area contributed by atoms with Gasteiger partial charge in [0.15, 0.2) is 12.4 Å². The molecule has 9 heteroatoms. The van der Waals surface area contributed by atoms with Crippen LogP contribution in [0.2, 0.25) is 0 Å². The van der Waals surface area contributed by atoms with Gasteiger partial charge < -0.3 is 33.3 Å². The number of unbranched alkanes of at least 4 members (excludes halogenated alkanes) is 15. The molecule has 0 aromatic rings. The Morgan fingerprint density at radius 2 is 0.731 bits per heavy atom. The van der Waals surface area contributed by atoms with Crippen LogP contribution < -0.4 is 5.11 Å². The average Bonchev–Trinajstić information content (AvgIpc) is 3.41. The average molecular weight is 1080 g/mol. The van der Waals surface area contributed by atoms with Crippen LogP contribution in [0.15, 0.2) is 146 Å². The first-order valence-electron chi connectivity index (χ1n) is 30.5. The molecule has 0 radical (unpaired) electrons. The highest BCUT2D eigenvalue weighted by Crippen LogP contribution is 2.13. The van der Waals surface area contributed by atoms with Crippen LogP contribution >= 0.6 is 0 Å². The maximum atomic E-state index is 12.9. The molecular formula is C69H111NO8. The second-order valence-electron chi connectivity index (χ2n) is 20.9. The summed E-state index contributed by atoms with van der Waals surface area (Å²) in [5.74, 6) is -2.36. The molecule has 0 heterocycles. The molecule has 9 nitrogen and oxygen atoms in total. The fraction of sp³-hybridized carbons (Fsp3) is 0.609. The van der Waals surface area contributed by atoms with Crippen molar-refractivity contribution >= 4 is 17.9 Å². The molecule has 0 N–H and O–H groups in total. The molecule has 440 valence electrons. The predicted molar refractivity (Wildman–Crippen MR) is 329 cm³/mol. The van der Waals surface area contributed by atoms with E-state index in [1.54, 1.807) is 0 Å². The Morgan fingerprint density at radius 1 is 0.397 bits per heavy atom. The lowest BCUT2D eigenvalue weighted by Crippen LogP contribution is -2.44. The number of rotatable bonds is 54. The van der Waals surface area contributed by atoms with Crippen LogP contribution in [-0.4, -0.2) is 82.3 Å². The first-order chi connectivity index (χ1) is 38.1. The van der Waals surface area contributed by atoms with Gasteiger partial charge >= 0.3 is 11.9 Å². The standard InChI is InChI=1S/C69H111NO8/c1-6-8-10-12-14-16-18-20-22-24-25-26-27-28-29-30-31-32-33-34-35-36-37-38-39-40-41-42-43-44-46-48-50-52-54-56-58-60-67(72)78-65(64-77-69(68(73)74)75-62-61-70(3,4)5)63-76-66(71)59-57-55-53-51-49-47-45-23-21-19-17-15-13-11-9-7-2/h8,10,14,16,20,22-23,25-26,28-29,31-32,34-35,37-38,40-41,43-45,48,50,65,69H,6-7,9,11-13,15,17-19,21,24,27,30,33,36,39,42,46-47,49,51-64H2,1-5H3/b10-8-,16-14-,22-20-,26-25-,29-28-,32-31-,35-34-,38-37-,41-40-,44-43-,45-23-,50-48-. The Balaban J connectivity index is 4.31. The van der Waals surface area contributed by atoms with E-state index in [2.05, 4.69) is 160 Å². The lowest BCUT2D eigenvalue weighted by molar-refractivity contribution is -0.870. The van der Waals surface area contributed by atoms with Gasteiger partial charge in [0.1, 0.15) is 13.2 Å². The van der Waals surface area contributed by atoms with Crippen molar-refractivity contribution in [1.82, 2.24) is 0 Å². The molecule has 0 saturated carbocycles. The predicted octanol–water partition coefficient (Wildman–Crippen LogP) is 17.1. The second kappa shape index (κ2) is 58.3. The molecule has 2 atom stereocenters. The Kier molecular flexibility index (Phi) is 54.7. The first-order valence-corrected chi connectivity index (χ1v) is 30.5. The Labute approximate surface area is 477 Å². The molecule has 0 aliphatic heterocycles. The number of quaternary nitrogens is 1. The van der Waals surface area contributed by atoms with E-state index in [1.807, 2.05) is 21.1 Å². The number of ether oxygens (including phenoxy) is 4. The van der Waals surface area contributed by atoms with Gasteiger partial charge in [-0.25, -0.2) is 0 Å². The topological polar surface area (TPSA) is 111 Å². The van der Waals surface area contributed by atoms with Crippen molar-refractivity contribution in [2.75, 3.05) is 47.5 Å². The summed E-state index contributed by atoms with van der Waals surface area (Å²) in [6.07, 6.45) is 81.9. The molecule has 0 bridgehead atoms. The third-order valence-corrected chi connectivity index (χ3v) is 12.3. The van der Waals surface area contributed by atoms with Crippen molar-refractivity contribution in [2.24, 2.45) is 0 Å². The maximum Gasteiger partial charge on any atom is 0.306 e. The molecule has 0 aliphatic carbocycles. The van der Waals surface area contributed by atoms with E-state index in [-0.39, 0.29) is 38.6 Å². The Hall–Kier alpha value is -4.83. The minimum absolute atomic E-state index is 0.132. The summed E-state index contributed by atoms with van der Waals surface area (Å²) < 4.78 is 22.6. The Morgan fingerprint density at radius 3 is 1.12 bits per heavy atom. The van der Waals surface area contributed by atoms with Crippen molar-refractivity contribution in [3.05, 3.63) is 146 Å². The number of likely N-dealkylation sites (N-methyl/N-ethyl adjacent to an activating group) is 1. The molecule has 78 heavy (non-hydrogen) atoms. The maximum absolute atomic E-state index is 12.9. The zero-order chi connectivity index (χ0) is 56.9. The summed E-state index contributed by atoms with van der Waals surface area (Å²) in [5.41, 5.74) is 0. The van der Waals surface area contributed by atoms with E-state index in [9.17, 15) is 19.5 Å². The number of carboxylic acid groups (broad SMARTS) is 1. The van der Waals surface area contributed by atoms with Gasteiger partial charge in [0, 0.05) is 12.8 Å². The number of allylic oxidation sites excluding steroid dienone is 24. The highest BCUT2D eigenvalue weighted by Gasteiger charge is 2.22. The summed E-state index contributed by atoms with van der Waals surface area (Å²) in [7, 11) is 5.89. The van der Waals surface area contributed by atoms with E-state index in [0.717, 1.165) is 128 Å². The highest BCUT2D eigenvalue weighted by molar-refractivity contribution is 5.70. The highest BCUT2D eigenvalue weighted by atomic mass is 16.7. The third-order valence-electron chi connectivity index (χ3n) is 12.3. The summed E-state index contributed by atoms with van der Waals surface area (Å²) in [5, 5.41) is 11.8. The fourth-order valence-electron chi connectivity index (χ4n) is 7.65. The second-order valence-corrected chi connectivity index (χ2v) is 20.9. The van der Waals surface area contributed by atoms with Crippen LogP contribution in [0.3, 0.4) is 0 Å². The van der Waals surface area contributed by atoms with Crippen molar-refractivity contribution in [3.8, 4) is 0 Å². The van der Waals surface area contributed by atoms with Crippen LogP contribution in [0, 0.1) is 0 Å². The number of hydrogen-bond acceptors (Lipinski definition) is 8. The van der Waals surface area contributed by atoms with Gasteiger partial charge in [-0.15, -0.1) is 0 Å². The number of carbonyl (C=O) groups is 3. The van der Waals surface area contributed by atoms with Gasteiger partial charge in [0.25, 0.3) is 0 Å². The first kappa shape index (κ1) is 73.2. The SMILES string of the molecule is CC/C=C\C/C=C\C/C=C\C/C=C\C/C=C\C/C=C\C/C=C\C/C=C\C/C=C\C/C=C\C/C=C\CCCCCC(=O)OC(COC(=O)CCCCCCC/C=C\CCCCCCCCC)COC(OCC[N+](C)(C)C)C(=O)[O-]. The van der Waals surface area contributed by atoms with E-state index in [1.165, 1.54) is 51.4 Å². The van der Waals surface area contributed by atoms with Gasteiger partial charge in [-0.2, -0.15) is 0 Å². The largest absolute Gasteiger partial charge is 0.545 e.